The van der Waals surface area contributed by atoms with Crippen LogP contribution in [-0.4, -0.2) is 63.0 Å². The molecule has 0 heterocycles. The number of aliphatic hydroxyl groups is 1. The molecule has 4 N–H and O–H groups in total. The summed E-state index contributed by atoms with van der Waals surface area (Å²) in [6.07, 6.45) is -2.98. The fourth-order valence-electron chi connectivity index (χ4n) is 4.35. The zero-order valence-electron chi connectivity index (χ0n) is 23.5. The first-order chi connectivity index (χ1) is 18.9. The van der Waals surface area contributed by atoms with Crippen LogP contribution in [0.4, 0.5) is 13.2 Å². The summed E-state index contributed by atoms with van der Waals surface area (Å²) in [7, 11) is 3.24. The molecule has 1 unspecified atom stereocenters. The summed E-state index contributed by atoms with van der Waals surface area (Å²) in [6, 6.07) is 9.67. The molecular formula is C29H41F3N2O6. The fraction of sp³-hybridized carbons (Fsp3) is 0.552. The maximum Gasteiger partial charge on any atom is 0.573 e. The number of amides is 1. The minimum absolute atomic E-state index is 0.0659. The van der Waals surface area contributed by atoms with Crippen molar-refractivity contribution in [2.75, 3.05) is 27.4 Å². The Bertz CT molecular complexity index is 1040. The van der Waals surface area contributed by atoms with Crippen LogP contribution < -0.4 is 25.3 Å². The van der Waals surface area contributed by atoms with Crippen molar-refractivity contribution >= 4 is 5.91 Å². The van der Waals surface area contributed by atoms with Gasteiger partial charge in [0.1, 0.15) is 5.75 Å². The quantitative estimate of drug-likeness (QED) is 0.242. The van der Waals surface area contributed by atoms with E-state index in [0.717, 1.165) is 37.0 Å². The third-order valence-corrected chi connectivity index (χ3v) is 6.55. The molecule has 0 fully saturated rings. The standard InChI is InChI=1S/C29H41F3N2O6/c1-5-20(15-22-9-12-25(38-4)26(17-22)39-14-6-13-37-3)16-24(33)28(36)19(2)34-27(35)18-21-7-10-23(11-8-21)40-29(30,31)32/h7-12,17,19-20,24,28,36H,5-6,13-16,18,33H2,1-4H3,(H,34,35)/t19?,20-,24-,28+/m0/s1. The van der Waals surface area contributed by atoms with Crippen molar-refractivity contribution in [2.45, 2.75) is 70.5 Å². The third-order valence-electron chi connectivity index (χ3n) is 6.55. The lowest BCUT2D eigenvalue weighted by Crippen LogP contribution is -2.50. The number of carbonyl (C=O) groups excluding carboxylic acids is 1. The molecule has 11 heteroatoms. The van der Waals surface area contributed by atoms with Crippen LogP contribution in [-0.2, 0) is 22.4 Å². The van der Waals surface area contributed by atoms with Crippen LogP contribution in [0, 0.1) is 5.92 Å². The molecule has 4 atom stereocenters. The predicted molar refractivity (Wildman–Crippen MR) is 145 cm³/mol. The Hall–Kier alpha value is -3.02. The number of halogens is 3. The topological polar surface area (TPSA) is 112 Å². The lowest BCUT2D eigenvalue weighted by atomic mass is 9.87. The number of aliphatic hydroxyl groups excluding tert-OH is 1. The van der Waals surface area contributed by atoms with Gasteiger partial charge in [0.15, 0.2) is 11.5 Å². The predicted octanol–water partition coefficient (Wildman–Crippen LogP) is 4.40. The van der Waals surface area contributed by atoms with Gasteiger partial charge in [0.05, 0.1) is 32.3 Å². The summed E-state index contributed by atoms with van der Waals surface area (Å²) in [5, 5.41) is 13.5. The van der Waals surface area contributed by atoms with E-state index in [1.54, 1.807) is 21.1 Å². The Morgan fingerprint density at radius 1 is 1.05 bits per heavy atom. The summed E-state index contributed by atoms with van der Waals surface area (Å²) in [4.78, 5) is 12.5. The van der Waals surface area contributed by atoms with E-state index in [1.165, 1.54) is 12.1 Å². The fourth-order valence-corrected chi connectivity index (χ4v) is 4.35. The molecule has 0 aromatic heterocycles. The van der Waals surface area contributed by atoms with Gasteiger partial charge in [-0.2, -0.15) is 0 Å². The maximum atomic E-state index is 12.5. The van der Waals surface area contributed by atoms with Crippen molar-refractivity contribution in [3.8, 4) is 17.2 Å². The zero-order chi connectivity index (χ0) is 29.7. The molecule has 0 aliphatic heterocycles. The van der Waals surface area contributed by atoms with Crippen molar-refractivity contribution in [2.24, 2.45) is 11.7 Å². The average molecular weight is 571 g/mol. The van der Waals surface area contributed by atoms with E-state index in [9.17, 15) is 23.1 Å². The van der Waals surface area contributed by atoms with Crippen LogP contribution in [0.2, 0.25) is 0 Å². The number of carbonyl (C=O) groups is 1. The van der Waals surface area contributed by atoms with Gasteiger partial charge >= 0.3 is 6.36 Å². The number of alkyl halides is 3. The SMILES string of the molecule is CC[C@@H](Cc1ccc(OC)c(OCCCOC)c1)C[C@H](N)[C@H](O)C(C)NC(=O)Cc1ccc(OC(F)(F)F)cc1. The highest BCUT2D eigenvalue weighted by Crippen LogP contribution is 2.30. The second-order valence-corrected chi connectivity index (χ2v) is 9.77. The summed E-state index contributed by atoms with van der Waals surface area (Å²) >= 11 is 0. The first-order valence-electron chi connectivity index (χ1n) is 13.3. The van der Waals surface area contributed by atoms with Crippen molar-refractivity contribution in [1.82, 2.24) is 5.32 Å². The lowest BCUT2D eigenvalue weighted by molar-refractivity contribution is -0.274. The molecule has 2 aromatic carbocycles. The minimum Gasteiger partial charge on any atom is -0.493 e. The molecule has 0 saturated heterocycles. The van der Waals surface area contributed by atoms with E-state index in [1.807, 2.05) is 18.2 Å². The van der Waals surface area contributed by atoms with Crippen LogP contribution in [0.15, 0.2) is 42.5 Å². The van der Waals surface area contributed by atoms with Crippen molar-refractivity contribution < 1.29 is 42.0 Å². The van der Waals surface area contributed by atoms with E-state index >= 15 is 0 Å². The van der Waals surface area contributed by atoms with Crippen LogP contribution in [0.5, 0.6) is 17.2 Å². The molecule has 8 nitrogen and oxygen atoms in total. The van der Waals surface area contributed by atoms with E-state index in [2.05, 4.69) is 17.0 Å². The largest absolute Gasteiger partial charge is 0.573 e. The molecule has 2 aromatic rings. The Morgan fingerprint density at radius 2 is 1.73 bits per heavy atom. The second kappa shape index (κ2) is 16.3. The van der Waals surface area contributed by atoms with Gasteiger partial charge < -0.3 is 35.1 Å². The molecule has 1 amide bonds. The maximum absolute atomic E-state index is 12.5. The van der Waals surface area contributed by atoms with Crippen LogP contribution in [0.3, 0.4) is 0 Å². The zero-order valence-corrected chi connectivity index (χ0v) is 23.5. The number of methoxy groups -OCH3 is 2. The van der Waals surface area contributed by atoms with Gasteiger partial charge in [0.2, 0.25) is 5.91 Å². The number of hydrogen-bond acceptors (Lipinski definition) is 7. The Kier molecular flexibility index (Phi) is 13.5. The molecule has 0 radical (unpaired) electrons. The summed E-state index contributed by atoms with van der Waals surface area (Å²) in [5.74, 6) is 0.745. The van der Waals surface area contributed by atoms with Crippen molar-refractivity contribution in [1.29, 1.82) is 0 Å². The highest BCUT2D eigenvalue weighted by atomic mass is 19.4. The van der Waals surface area contributed by atoms with Gasteiger partial charge in [0.25, 0.3) is 0 Å². The summed E-state index contributed by atoms with van der Waals surface area (Å²) in [6.45, 7) is 4.84. The van der Waals surface area contributed by atoms with Gasteiger partial charge in [-0.25, -0.2) is 0 Å². The summed E-state index contributed by atoms with van der Waals surface area (Å²) < 4.78 is 57.2. The normalized spacial score (nSPS) is 14.6. The molecule has 0 spiro atoms. The number of rotatable bonds is 17. The minimum atomic E-state index is -4.78. The van der Waals surface area contributed by atoms with E-state index in [-0.39, 0.29) is 24.0 Å². The third kappa shape index (κ3) is 11.6. The molecule has 40 heavy (non-hydrogen) atoms. The van der Waals surface area contributed by atoms with Gasteiger partial charge in [-0.15, -0.1) is 13.2 Å². The molecule has 2 rings (SSSR count). The summed E-state index contributed by atoms with van der Waals surface area (Å²) in [5.41, 5.74) is 7.91. The van der Waals surface area contributed by atoms with E-state index in [4.69, 9.17) is 19.9 Å². The van der Waals surface area contributed by atoms with E-state index < -0.39 is 24.6 Å². The smallest absolute Gasteiger partial charge is 0.493 e. The van der Waals surface area contributed by atoms with Gasteiger partial charge in [-0.3, -0.25) is 4.79 Å². The first-order valence-corrected chi connectivity index (χ1v) is 13.3. The Balaban J connectivity index is 1.89. The van der Waals surface area contributed by atoms with Crippen molar-refractivity contribution in [3.63, 3.8) is 0 Å². The highest BCUT2D eigenvalue weighted by molar-refractivity contribution is 5.78. The first kappa shape index (κ1) is 33.2. The molecule has 0 aliphatic rings. The highest BCUT2D eigenvalue weighted by Gasteiger charge is 2.31. The van der Waals surface area contributed by atoms with Gasteiger partial charge in [-0.1, -0.05) is 31.5 Å². The Morgan fingerprint density at radius 3 is 2.33 bits per heavy atom. The lowest BCUT2D eigenvalue weighted by Gasteiger charge is -2.28. The Labute approximate surface area is 233 Å². The van der Waals surface area contributed by atoms with Crippen LogP contribution in [0.1, 0.15) is 44.2 Å². The monoisotopic (exact) mass is 570 g/mol. The second-order valence-electron chi connectivity index (χ2n) is 9.77. The van der Waals surface area contributed by atoms with Crippen LogP contribution >= 0.6 is 0 Å². The van der Waals surface area contributed by atoms with Crippen molar-refractivity contribution in [3.05, 3.63) is 53.6 Å². The van der Waals surface area contributed by atoms with Gasteiger partial charge in [0, 0.05) is 26.2 Å². The molecule has 224 valence electrons. The number of nitrogens with two attached hydrogens (primary N) is 1. The van der Waals surface area contributed by atoms with Crippen LogP contribution in [0.25, 0.3) is 0 Å². The molecule has 0 saturated carbocycles. The number of hydrogen-bond donors (Lipinski definition) is 3. The number of benzene rings is 2. The molecule has 0 aliphatic carbocycles. The number of ether oxygens (including phenoxy) is 4. The van der Waals surface area contributed by atoms with E-state index in [0.29, 0.717) is 36.7 Å². The average Bonchev–Trinajstić information content (AvgIpc) is 2.90. The molecule has 0 bridgehead atoms. The van der Waals surface area contributed by atoms with Gasteiger partial charge in [-0.05, 0) is 61.1 Å². The number of nitrogens with one attached hydrogen (secondary N) is 1. The molecular weight excluding hydrogens is 529 g/mol.